The van der Waals surface area contributed by atoms with Crippen LogP contribution in [0.4, 0.5) is 0 Å². The van der Waals surface area contributed by atoms with Gasteiger partial charge in [0, 0.05) is 19.5 Å². The lowest BCUT2D eigenvalue weighted by Crippen LogP contribution is -2.34. The van der Waals surface area contributed by atoms with Crippen molar-refractivity contribution in [2.75, 3.05) is 6.54 Å². The number of benzene rings is 1. The van der Waals surface area contributed by atoms with Gasteiger partial charge < -0.3 is 10.6 Å². The molecule has 1 amide bonds. The Bertz CT molecular complexity index is 835. The Balaban J connectivity index is 1.45. The standard InChI is InChI=1S/C17H20N8O/c26-17(19-10-14-9-15-11-18-6-7-24(15)21-14)16(25-12-20-22-23-25)8-13-4-2-1-3-5-13/h1-5,9,12,16,18H,6-8,10-11H2,(H,19,26). The van der Waals surface area contributed by atoms with Crippen LogP contribution < -0.4 is 10.6 Å². The molecule has 1 aliphatic heterocycles. The lowest BCUT2D eigenvalue weighted by molar-refractivity contribution is -0.124. The van der Waals surface area contributed by atoms with Gasteiger partial charge in [0.15, 0.2) is 0 Å². The van der Waals surface area contributed by atoms with Gasteiger partial charge in [-0.05, 0) is 22.1 Å². The van der Waals surface area contributed by atoms with Crippen LogP contribution in [0.15, 0.2) is 42.7 Å². The first kappa shape index (κ1) is 16.4. The van der Waals surface area contributed by atoms with Crippen LogP contribution in [0.2, 0.25) is 0 Å². The van der Waals surface area contributed by atoms with E-state index in [0.29, 0.717) is 13.0 Å². The van der Waals surface area contributed by atoms with E-state index in [1.54, 1.807) is 0 Å². The summed E-state index contributed by atoms with van der Waals surface area (Å²) >= 11 is 0. The highest BCUT2D eigenvalue weighted by Crippen LogP contribution is 2.14. The van der Waals surface area contributed by atoms with Gasteiger partial charge in [-0.15, -0.1) is 5.10 Å². The monoisotopic (exact) mass is 352 g/mol. The molecule has 3 aromatic rings. The van der Waals surface area contributed by atoms with E-state index in [1.165, 1.54) is 11.0 Å². The number of carbonyl (C=O) groups excluding carboxylic acids is 1. The van der Waals surface area contributed by atoms with Crippen molar-refractivity contribution in [2.45, 2.75) is 32.1 Å². The second kappa shape index (κ2) is 7.44. The predicted molar refractivity (Wildman–Crippen MR) is 92.8 cm³/mol. The number of fused-ring (bicyclic) bond motifs is 1. The Hall–Kier alpha value is -3.07. The molecule has 0 aliphatic carbocycles. The molecular weight excluding hydrogens is 332 g/mol. The number of aromatic nitrogens is 6. The molecule has 1 aliphatic rings. The topological polar surface area (TPSA) is 103 Å². The summed E-state index contributed by atoms with van der Waals surface area (Å²) in [4.78, 5) is 12.8. The third-order valence-electron chi connectivity index (χ3n) is 4.42. The Morgan fingerprint density at radius 1 is 1.31 bits per heavy atom. The van der Waals surface area contributed by atoms with Crippen LogP contribution in [0.25, 0.3) is 0 Å². The predicted octanol–water partition coefficient (Wildman–Crippen LogP) is 0.0730. The van der Waals surface area contributed by atoms with Crippen molar-refractivity contribution in [1.29, 1.82) is 0 Å². The van der Waals surface area contributed by atoms with Crippen LogP contribution in [0.5, 0.6) is 0 Å². The lowest BCUT2D eigenvalue weighted by atomic mass is 10.1. The van der Waals surface area contributed by atoms with E-state index in [4.69, 9.17) is 0 Å². The minimum Gasteiger partial charge on any atom is -0.349 e. The molecular formula is C17H20N8O. The Morgan fingerprint density at radius 2 is 2.19 bits per heavy atom. The average molecular weight is 352 g/mol. The number of nitrogens with zero attached hydrogens (tertiary/aromatic N) is 6. The van der Waals surface area contributed by atoms with Gasteiger partial charge >= 0.3 is 0 Å². The number of rotatable bonds is 6. The summed E-state index contributed by atoms with van der Waals surface area (Å²) in [6.45, 7) is 2.96. The zero-order chi connectivity index (χ0) is 17.8. The molecule has 0 bridgehead atoms. The normalized spacial score (nSPS) is 14.6. The molecule has 0 saturated heterocycles. The summed E-state index contributed by atoms with van der Waals surface area (Å²) < 4.78 is 3.48. The van der Waals surface area contributed by atoms with Gasteiger partial charge in [-0.2, -0.15) is 5.10 Å². The van der Waals surface area contributed by atoms with Gasteiger partial charge in [0.1, 0.15) is 12.4 Å². The van der Waals surface area contributed by atoms with Gasteiger partial charge in [-0.3, -0.25) is 9.48 Å². The number of amides is 1. The highest BCUT2D eigenvalue weighted by molar-refractivity contribution is 5.80. The van der Waals surface area contributed by atoms with Crippen molar-refractivity contribution in [3.8, 4) is 0 Å². The minimum absolute atomic E-state index is 0.134. The van der Waals surface area contributed by atoms with Crippen molar-refractivity contribution in [1.82, 2.24) is 40.6 Å². The Labute approximate surface area is 150 Å². The quantitative estimate of drug-likeness (QED) is 0.651. The summed E-state index contributed by atoms with van der Waals surface area (Å²) in [5.41, 5.74) is 3.04. The molecule has 0 radical (unpaired) electrons. The first-order valence-electron chi connectivity index (χ1n) is 8.60. The van der Waals surface area contributed by atoms with Crippen LogP contribution >= 0.6 is 0 Å². The molecule has 134 valence electrons. The molecule has 3 heterocycles. The van der Waals surface area contributed by atoms with E-state index >= 15 is 0 Å². The maximum Gasteiger partial charge on any atom is 0.245 e. The zero-order valence-corrected chi connectivity index (χ0v) is 14.2. The van der Waals surface area contributed by atoms with Crippen molar-refractivity contribution in [2.24, 2.45) is 0 Å². The van der Waals surface area contributed by atoms with Crippen LogP contribution in [-0.4, -0.2) is 42.4 Å². The van der Waals surface area contributed by atoms with E-state index in [9.17, 15) is 4.79 Å². The van der Waals surface area contributed by atoms with Crippen molar-refractivity contribution in [3.05, 3.63) is 59.7 Å². The first-order chi connectivity index (χ1) is 12.8. The molecule has 9 nitrogen and oxygen atoms in total. The van der Waals surface area contributed by atoms with Gasteiger partial charge in [0.25, 0.3) is 0 Å². The summed E-state index contributed by atoms with van der Waals surface area (Å²) in [5, 5.41) is 22.0. The van der Waals surface area contributed by atoms with Gasteiger partial charge in [-0.25, -0.2) is 4.68 Å². The van der Waals surface area contributed by atoms with Crippen molar-refractivity contribution >= 4 is 5.91 Å². The first-order valence-corrected chi connectivity index (χ1v) is 8.60. The lowest BCUT2D eigenvalue weighted by Gasteiger charge is -2.16. The minimum atomic E-state index is -0.508. The van der Waals surface area contributed by atoms with E-state index in [2.05, 4.69) is 31.3 Å². The number of tetrazole rings is 1. The molecule has 1 atom stereocenters. The van der Waals surface area contributed by atoms with E-state index in [-0.39, 0.29) is 5.91 Å². The molecule has 26 heavy (non-hydrogen) atoms. The molecule has 0 saturated carbocycles. The fraction of sp³-hybridized carbons (Fsp3) is 0.353. The smallest absolute Gasteiger partial charge is 0.245 e. The van der Waals surface area contributed by atoms with E-state index < -0.39 is 6.04 Å². The summed E-state index contributed by atoms with van der Waals surface area (Å²) in [6, 6.07) is 11.3. The fourth-order valence-electron chi connectivity index (χ4n) is 3.09. The number of nitrogens with one attached hydrogen (secondary N) is 2. The molecule has 2 N–H and O–H groups in total. The third kappa shape index (κ3) is 3.62. The molecule has 1 aromatic carbocycles. The van der Waals surface area contributed by atoms with E-state index in [0.717, 1.165) is 36.6 Å². The summed E-state index contributed by atoms with van der Waals surface area (Å²) in [7, 11) is 0. The van der Waals surface area contributed by atoms with E-state index in [1.807, 2.05) is 41.1 Å². The molecule has 2 aromatic heterocycles. The Morgan fingerprint density at radius 3 is 2.96 bits per heavy atom. The van der Waals surface area contributed by atoms with Crippen molar-refractivity contribution < 1.29 is 4.79 Å². The van der Waals surface area contributed by atoms with Crippen LogP contribution in [0, 0.1) is 0 Å². The second-order valence-corrected chi connectivity index (χ2v) is 6.24. The summed E-state index contributed by atoms with van der Waals surface area (Å²) in [5.74, 6) is -0.134. The van der Waals surface area contributed by atoms with Gasteiger partial charge in [0.2, 0.25) is 5.91 Å². The molecule has 0 fully saturated rings. The van der Waals surface area contributed by atoms with Crippen LogP contribution in [-0.2, 0) is 30.8 Å². The fourth-order valence-corrected chi connectivity index (χ4v) is 3.09. The second-order valence-electron chi connectivity index (χ2n) is 6.24. The third-order valence-corrected chi connectivity index (χ3v) is 4.42. The number of hydrogen-bond acceptors (Lipinski definition) is 6. The highest BCUT2D eigenvalue weighted by atomic mass is 16.2. The molecule has 1 unspecified atom stereocenters. The largest absolute Gasteiger partial charge is 0.349 e. The van der Waals surface area contributed by atoms with Gasteiger partial charge in [-0.1, -0.05) is 30.3 Å². The zero-order valence-electron chi connectivity index (χ0n) is 14.2. The molecule has 0 spiro atoms. The highest BCUT2D eigenvalue weighted by Gasteiger charge is 2.22. The van der Waals surface area contributed by atoms with Crippen LogP contribution in [0.1, 0.15) is 23.0 Å². The van der Waals surface area contributed by atoms with Crippen molar-refractivity contribution in [3.63, 3.8) is 0 Å². The molecule has 4 rings (SSSR count). The average Bonchev–Trinajstić information content (AvgIpc) is 3.34. The number of hydrogen-bond donors (Lipinski definition) is 2. The SMILES string of the molecule is O=C(NCc1cc2n(n1)CCNC2)C(Cc1ccccc1)n1cnnn1. The molecule has 9 heteroatoms. The Kier molecular flexibility index (Phi) is 4.69. The maximum atomic E-state index is 12.8. The van der Waals surface area contributed by atoms with Gasteiger partial charge in [0.05, 0.1) is 24.5 Å². The number of carbonyl (C=O) groups is 1. The maximum absolute atomic E-state index is 12.8. The summed E-state index contributed by atoms with van der Waals surface area (Å²) in [6.07, 6.45) is 1.98. The van der Waals surface area contributed by atoms with Crippen LogP contribution in [0.3, 0.4) is 0 Å².